The summed E-state index contributed by atoms with van der Waals surface area (Å²) in [6, 6.07) is 50.9. The molecular weight excluding hydrogens is 611 g/mol. The Morgan fingerprint density at radius 3 is 2.00 bits per heavy atom. The van der Waals surface area contributed by atoms with Gasteiger partial charge in [-0.2, -0.15) is 0 Å². The van der Waals surface area contributed by atoms with Gasteiger partial charge in [-0.05, 0) is 68.5 Å². The second-order valence-corrected chi connectivity index (χ2v) is 18.9. The zero-order valence-corrected chi connectivity index (χ0v) is 29.1. The van der Waals surface area contributed by atoms with Crippen LogP contribution < -0.4 is 10.4 Å². The van der Waals surface area contributed by atoms with Crippen LogP contribution in [-0.2, 0) is 5.41 Å². The third-order valence-electron chi connectivity index (χ3n) is 11.2. The molecule has 234 valence electrons. The molecule has 6 aromatic carbocycles. The summed E-state index contributed by atoms with van der Waals surface area (Å²) < 4.78 is 2.49. The van der Waals surface area contributed by atoms with Gasteiger partial charge in [0.05, 0.1) is 22.4 Å². The summed E-state index contributed by atoms with van der Waals surface area (Å²) in [5.74, 6) is 0.777. The molecule has 4 heteroatoms. The zero-order valence-electron chi connectivity index (χ0n) is 28.1. The summed E-state index contributed by atoms with van der Waals surface area (Å²) in [7, 11) is -2.23. The summed E-state index contributed by atoms with van der Waals surface area (Å²) >= 11 is 0. The second-order valence-electron chi connectivity index (χ2n) is 14.6. The Morgan fingerprint density at radius 2 is 1.20 bits per heavy atom. The first-order valence-corrected chi connectivity index (χ1v) is 20.2. The van der Waals surface area contributed by atoms with Crippen molar-refractivity contribution in [3.05, 3.63) is 151 Å². The summed E-state index contributed by atoms with van der Waals surface area (Å²) in [4.78, 5) is 10.6. The monoisotopic (exact) mass is 645 g/mol. The predicted octanol–water partition coefficient (Wildman–Crippen LogP) is 10.0. The van der Waals surface area contributed by atoms with Gasteiger partial charge in [-0.25, -0.2) is 9.97 Å². The van der Waals surface area contributed by atoms with Gasteiger partial charge in [0, 0.05) is 33.0 Å². The number of hydrogen-bond acceptors (Lipinski definition) is 2. The molecule has 8 aromatic rings. The van der Waals surface area contributed by atoms with Crippen molar-refractivity contribution in [3.8, 4) is 50.7 Å². The maximum atomic E-state index is 5.33. The molecule has 3 nitrogen and oxygen atoms in total. The Balaban J connectivity index is 1.22. The van der Waals surface area contributed by atoms with Gasteiger partial charge < -0.3 is 4.57 Å². The van der Waals surface area contributed by atoms with E-state index in [2.05, 4.69) is 165 Å². The Hall–Kier alpha value is -5.58. The van der Waals surface area contributed by atoms with Crippen LogP contribution in [0.4, 0.5) is 0 Å². The van der Waals surface area contributed by atoms with Crippen molar-refractivity contribution >= 4 is 40.3 Å². The van der Waals surface area contributed by atoms with Crippen LogP contribution in [0.5, 0.6) is 0 Å². The molecule has 0 radical (unpaired) electrons. The summed E-state index contributed by atoms with van der Waals surface area (Å²) in [5.41, 5.74) is 14.7. The van der Waals surface area contributed by atoms with E-state index in [4.69, 9.17) is 9.97 Å². The van der Waals surface area contributed by atoms with E-state index in [1.54, 1.807) is 0 Å². The lowest BCUT2D eigenvalue weighted by molar-refractivity contribution is 0.661. The van der Waals surface area contributed by atoms with Crippen molar-refractivity contribution in [3.63, 3.8) is 0 Å². The number of fused-ring (bicyclic) bond motifs is 9. The van der Waals surface area contributed by atoms with E-state index in [9.17, 15) is 0 Å². The SMILES string of the molecule is CC1(C)c2ccccc2-c2cc3c(cc21)c1ccccc1n3-c1ccc2c(c1)[Si](C)(C)c1c(-c3ccccc3)nc(-c3ccccc3)nc1-2. The number of benzene rings is 6. The van der Waals surface area contributed by atoms with E-state index >= 15 is 0 Å². The number of aromatic nitrogens is 3. The van der Waals surface area contributed by atoms with Gasteiger partial charge in [0.1, 0.15) is 8.07 Å². The van der Waals surface area contributed by atoms with Crippen LogP contribution in [0.2, 0.25) is 13.1 Å². The molecule has 1 aliphatic heterocycles. The molecule has 0 saturated carbocycles. The number of hydrogen-bond donors (Lipinski definition) is 0. The van der Waals surface area contributed by atoms with Crippen LogP contribution in [0.1, 0.15) is 25.0 Å². The van der Waals surface area contributed by atoms with E-state index < -0.39 is 8.07 Å². The summed E-state index contributed by atoms with van der Waals surface area (Å²) in [5, 5.41) is 5.33. The molecule has 2 aliphatic rings. The van der Waals surface area contributed by atoms with Crippen molar-refractivity contribution in [1.82, 2.24) is 14.5 Å². The fourth-order valence-electron chi connectivity index (χ4n) is 8.74. The van der Waals surface area contributed by atoms with Gasteiger partial charge in [-0.1, -0.05) is 136 Å². The van der Waals surface area contributed by atoms with Gasteiger partial charge in [0.2, 0.25) is 0 Å². The maximum Gasteiger partial charge on any atom is 0.160 e. The fourth-order valence-corrected chi connectivity index (χ4v) is 12.0. The Kier molecular flexibility index (Phi) is 5.79. The number of para-hydroxylation sites is 1. The van der Waals surface area contributed by atoms with Crippen molar-refractivity contribution < 1.29 is 0 Å². The van der Waals surface area contributed by atoms with Crippen LogP contribution >= 0.6 is 0 Å². The molecule has 1 aliphatic carbocycles. The molecule has 49 heavy (non-hydrogen) atoms. The minimum absolute atomic E-state index is 0.0472. The van der Waals surface area contributed by atoms with Crippen LogP contribution in [-0.4, -0.2) is 22.6 Å². The zero-order chi connectivity index (χ0) is 33.1. The van der Waals surface area contributed by atoms with E-state index in [1.807, 2.05) is 6.07 Å². The molecule has 0 amide bonds. The quantitative estimate of drug-likeness (QED) is 0.179. The molecule has 0 spiro atoms. The molecule has 0 saturated heterocycles. The van der Waals surface area contributed by atoms with E-state index in [-0.39, 0.29) is 5.41 Å². The molecular formula is C45H35N3Si. The van der Waals surface area contributed by atoms with Crippen LogP contribution in [0, 0.1) is 0 Å². The van der Waals surface area contributed by atoms with Gasteiger partial charge in [0.15, 0.2) is 5.82 Å². The largest absolute Gasteiger partial charge is 0.309 e. The first kappa shape index (κ1) is 28.4. The molecule has 0 bridgehead atoms. The van der Waals surface area contributed by atoms with E-state index in [0.717, 1.165) is 28.3 Å². The van der Waals surface area contributed by atoms with Gasteiger partial charge in [-0.15, -0.1) is 0 Å². The topological polar surface area (TPSA) is 30.7 Å². The highest BCUT2D eigenvalue weighted by Crippen LogP contribution is 2.51. The highest BCUT2D eigenvalue weighted by Gasteiger charge is 2.42. The lowest BCUT2D eigenvalue weighted by Gasteiger charge is -2.22. The lowest BCUT2D eigenvalue weighted by Crippen LogP contribution is -2.50. The van der Waals surface area contributed by atoms with E-state index in [0.29, 0.717) is 0 Å². The lowest BCUT2D eigenvalue weighted by atomic mass is 9.82. The highest BCUT2D eigenvalue weighted by atomic mass is 28.3. The number of rotatable bonds is 3. The van der Waals surface area contributed by atoms with Gasteiger partial charge in [0.25, 0.3) is 0 Å². The third-order valence-corrected chi connectivity index (χ3v) is 14.7. The van der Waals surface area contributed by atoms with Crippen LogP contribution in [0.3, 0.4) is 0 Å². The number of nitrogens with zero attached hydrogens (tertiary/aromatic N) is 3. The summed E-state index contributed by atoms with van der Waals surface area (Å²) in [6.45, 7) is 9.67. The maximum absolute atomic E-state index is 5.33. The Bertz CT molecular complexity index is 2650. The van der Waals surface area contributed by atoms with Gasteiger partial charge >= 0.3 is 0 Å². The van der Waals surface area contributed by atoms with Crippen molar-refractivity contribution in [2.24, 2.45) is 0 Å². The molecule has 10 rings (SSSR count). The summed E-state index contributed by atoms with van der Waals surface area (Å²) in [6.07, 6.45) is 0. The van der Waals surface area contributed by atoms with Crippen LogP contribution in [0.25, 0.3) is 72.5 Å². The molecule has 0 N–H and O–H groups in total. The molecule has 2 aromatic heterocycles. The molecule has 0 fully saturated rings. The fraction of sp³-hybridized carbons (Fsp3) is 0.111. The molecule has 0 atom stereocenters. The predicted molar refractivity (Wildman–Crippen MR) is 207 cm³/mol. The molecule has 0 unspecified atom stereocenters. The minimum atomic E-state index is -2.23. The molecule has 3 heterocycles. The van der Waals surface area contributed by atoms with Crippen molar-refractivity contribution in [1.29, 1.82) is 0 Å². The Morgan fingerprint density at radius 1 is 0.531 bits per heavy atom. The van der Waals surface area contributed by atoms with E-state index in [1.165, 1.54) is 65.7 Å². The van der Waals surface area contributed by atoms with Gasteiger partial charge in [-0.3, -0.25) is 0 Å². The normalized spacial score (nSPS) is 14.9. The van der Waals surface area contributed by atoms with Crippen molar-refractivity contribution in [2.45, 2.75) is 32.4 Å². The minimum Gasteiger partial charge on any atom is -0.309 e. The first-order chi connectivity index (χ1) is 23.8. The van der Waals surface area contributed by atoms with Crippen LogP contribution in [0.15, 0.2) is 140 Å². The first-order valence-electron chi connectivity index (χ1n) is 17.2. The average molecular weight is 646 g/mol. The average Bonchev–Trinajstić information content (AvgIpc) is 3.67. The highest BCUT2D eigenvalue weighted by molar-refractivity contribution is 7.04. The smallest absolute Gasteiger partial charge is 0.160 e. The second kappa shape index (κ2) is 9.97. The third kappa shape index (κ3) is 3.89. The standard InChI is InChI=1S/C45H35N3Si/c1-45(2)36-21-13-11-19-31(36)34-27-39-35(26-37(34)45)32-20-12-14-22-38(32)48(39)30-23-24-33-40(25-30)49(3,4)43-41(28-15-7-5-8-16-28)46-44(47-42(33)43)29-17-9-6-10-18-29/h5-27H,1-4H3. The van der Waals surface area contributed by atoms with Crippen molar-refractivity contribution in [2.75, 3.05) is 0 Å². The Labute approximate surface area is 287 Å².